The first kappa shape index (κ1) is 60.2. The van der Waals surface area contributed by atoms with E-state index in [-0.39, 0.29) is 23.7 Å². The lowest BCUT2D eigenvalue weighted by atomic mass is 9.50. The van der Waals surface area contributed by atoms with Gasteiger partial charge in [0.1, 0.15) is 60.6 Å². The van der Waals surface area contributed by atoms with Gasteiger partial charge in [0.2, 0.25) is 0 Å². The fraction of sp³-hybridized carbons (Fsp3) is 0.567. The first-order valence-corrected chi connectivity index (χ1v) is 29.0. The topological polar surface area (TPSA) is 186 Å². The van der Waals surface area contributed by atoms with Gasteiger partial charge in [-0.15, -0.1) is 0 Å². The molecule has 3 aromatic rings. The molecule has 6 unspecified atom stereocenters. The summed E-state index contributed by atoms with van der Waals surface area (Å²) >= 11 is 0. The van der Waals surface area contributed by atoms with Crippen molar-refractivity contribution in [2.24, 2.45) is 32.5 Å². The first-order chi connectivity index (χ1) is 34.3. The van der Waals surface area contributed by atoms with Gasteiger partial charge in [-0.05, 0) is 79.0 Å². The minimum absolute atomic E-state index is 0.0403. The zero-order valence-corrected chi connectivity index (χ0v) is 49.5. The van der Waals surface area contributed by atoms with E-state index in [9.17, 15) is 14.4 Å². The van der Waals surface area contributed by atoms with Crippen molar-refractivity contribution >= 4 is 15.6 Å². The van der Waals surface area contributed by atoms with Crippen molar-refractivity contribution in [1.29, 1.82) is 0 Å². The molecule has 0 bridgehead atoms. The molecule has 2 aliphatic carbocycles. The fourth-order valence-corrected chi connectivity index (χ4v) is 13.6. The number of hydrogen-bond acceptors (Lipinski definition) is 11. The second-order valence-corrected chi connectivity index (χ2v) is 29.5. The first-order valence-electron chi connectivity index (χ1n) is 26.0. The third-order valence-corrected chi connectivity index (χ3v) is 16.8. The smallest absolute Gasteiger partial charge is 0.485 e. The molecule has 414 valence electrons. The zero-order chi connectivity index (χ0) is 56.2. The third kappa shape index (κ3) is 13.6. The van der Waals surface area contributed by atoms with Crippen LogP contribution in [0.15, 0.2) is 119 Å². The third-order valence-electron chi connectivity index (χ3n) is 14.2. The number of ether oxygens (including phenoxy) is 4. The highest BCUT2D eigenvalue weighted by molar-refractivity contribution is 7.61. The molecule has 0 aromatic heterocycles. The summed E-state index contributed by atoms with van der Waals surface area (Å²) in [4.78, 5) is 21.2. The van der Waals surface area contributed by atoms with Crippen molar-refractivity contribution in [3.63, 3.8) is 0 Å². The minimum Gasteiger partial charge on any atom is -0.508 e. The molecule has 75 heavy (non-hydrogen) atoms. The van der Waals surface area contributed by atoms with E-state index in [1.165, 1.54) is 18.2 Å². The van der Waals surface area contributed by atoms with E-state index in [1.807, 2.05) is 48.6 Å². The van der Waals surface area contributed by atoms with Crippen LogP contribution >= 0.6 is 15.6 Å². The van der Waals surface area contributed by atoms with E-state index in [4.69, 9.17) is 42.5 Å². The average Bonchev–Trinajstić information content (AvgIpc) is 4.19. The Morgan fingerprint density at radius 3 is 1.15 bits per heavy atom. The molecule has 4 N–H and O–H groups in total. The Labute approximate surface area is 447 Å². The second kappa shape index (κ2) is 21.3. The number of phosphoric acid groups is 2. The molecule has 4 aliphatic rings. The lowest BCUT2D eigenvalue weighted by Crippen LogP contribution is -2.49. The van der Waals surface area contributed by atoms with Crippen molar-refractivity contribution in [3.05, 3.63) is 131 Å². The largest absolute Gasteiger partial charge is 0.508 e. The van der Waals surface area contributed by atoms with Gasteiger partial charge in [0.05, 0.1) is 13.2 Å². The van der Waals surface area contributed by atoms with Crippen LogP contribution in [-0.4, -0.2) is 70.8 Å². The number of para-hydroxylation sites is 2. The highest BCUT2D eigenvalue weighted by Gasteiger charge is 2.58. The van der Waals surface area contributed by atoms with Gasteiger partial charge in [-0.1, -0.05) is 191 Å². The maximum Gasteiger partial charge on any atom is 0.485 e. The normalized spacial score (nSPS) is 25.3. The summed E-state index contributed by atoms with van der Waals surface area (Å²) in [6.07, 6.45) is 5.78. The van der Waals surface area contributed by atoms with Gasteiger partial charge in [-0.2, -0.15) is 4.31 Å². The van der Waals surface area contributed by atoms with Gasteiger partial charge >= 0.3 is 15.6 Å². The molecular weight excluding hydrogens is 991 g/mol. The summed E-state index contributed by atoms with van der Waals surface area (Å²) < 4.78 is 71.7. The summed E-state index contributed by atoms with van der Waals surface area (Å²) in [6.45, 7) is 40.7. The molecule has 0 radical (unpaired) electrons. The number of epoxide rings is 2. The maximum absolute atomic E-state index is 15.8. The Morgan fingerprint density at radius 2 is 0.880 bits per heavy atom. The molecule has 13 nitrogen and oxygen atoms in total. The van der Waals surface area contributed by atoms with Crippen LogP contribution in [-0.2, 0) is 42.8 Å². The predicted molar refractivity (Wildman–Crippen MR) is 296 cm³/mol. The highest BCUT2D eigenvalue weighted by atomic mass is 31.3. The Hall–Kier alpha value is -4.00. The van der Waals surface area contributed by atoms with Crippen LogP contribution in [0.5, 0.6) is 23.0 Å². The lowest BCUT2D eigenvalue weighted by Gasteiger charge is -2.55. The molecular formula is C60H86O13P2. The molecule has 7 rings (SSSR count). The summed E-state index contributed by atoms with van der Waals surface area (Å²) in [5.41, 5.74) is 0.565. The Kier molecular flexibility index (Phi) is 17.1. The number of allylic oxidation sites excluding steroid dienone is 4. The van der Waals surface area contributed by atoms with E-state index >= 15 is 4.57 Å². The van der Waals surface area contributed by atoms with E-state index in [0.717, 1.165) is 44.9 Å². The minimum atomic E-state index is -5.52. The average molecular weight is 1080 g/mol. The Morgan fingerprint density at radius 1 is 0.533 bits per heavy atom. The van der Waals surface area contributed by atoms with Crippen molar-refractivity contribution < 1.29 is 61.4 Å². The van der Waals surface area contributed by atoms with E-state index in [2.05, 4.69) is 149 Å². The number of phenolic OH excluding ortho intramolecular Hbond substituents is 2. The zero-order valence-electron chi connectivity index (χ0n) is 47.7. The summed E-state index contributed by atoms with van der Waals surface area (Å²) in [5, 5.41) is 17.3. The van der Waals surface area contributed by atoms with Crippen LogP contribution in [0.1, 0.15) is 136 Å². The maximum atomic E-state index is 15.8. The van der Waals surface area contributed by atoms with Crippen molar-refractivity contribution in [1.82, 2.24) is 0 Å². The van der Waals surface area contributed by atoms with Crippen LogP contribution in [0.4, 0.5) is 0 Å². The lowest BCUT2D eigenvalue weighted by molar-refractivity contribution is 0.0970. The number of phenols is 2. The molecule has 2 aliphatic heterocycles. The molecule has 15 heteroatoms. The summed E-state index contributed by atoms with van der Waals surface area (Å²) in [7, 11) is -10.7. The van der Waals surface area contributed by atoms with Crippen LogP contribution < -0.4 is 9.47 Å². The number of aromatic hydroxyl groups is 2. The van der Waals surface area contributed by atoms with Gasteiger partial charge in [-0.25, -0.2) is 9.13 Å². The summed E-state index contributed by atoms with van der Waals surface area (Å²) in [6, 6.07) is 22.0. The van der Waals surface area contributed by atoms with Crippen molar-refractivity contribution in [2.45, 2.75) is 160 Å². The number of hydrogen-bond donors (Lipinski definition) is 4. The van der Waals surface area contributed by atoms with Crippen molar-refractivity contribution in [3.8, 4) is 23.0 Å². The van der Waals surface area contributed by atoms with Crippen LogP contribution in [0, 0.1) is 32.5 Å². The van der Waals surface area contributed by atoms with Gasteiger partial charge in [-0.3, -0.25) is 9.05 Å². The number of rotatable bonds is 14. The van der Waals surface area contributed by atoms with E-state index in [1.54, 1.807) is 6.07 Å². The van der Waals surface area contributed by atoms with Crippen molar-refractivity contribution in [2.75, 3.05) is 26.4 Å². The SMILES string of the molecule is CC(C)(C)C1=C(C(C)(C)C)C(c2ccccc2OCC2CO2)(C(C)(C)C)C=CC1OP(=O)(OC1C=CC(c2ccccc2OCC2CO2)(C(C)(C)C)C(C(C)(C)C)=C1C(C)(C)C)OP(=O)(O)O.Oc1cccc(O)c1. The van der Waals surface area contributed by atoms with E-state index < -0.39 is 71.2 Å². The second-order valence-electron chi connectivity index (χ2n) is 26.5. The molecule has 0 spiro atoms. The quantitative estimate of drug-likeness (QED) is 0.0679. The highest BCUT2D eigenvalue weighted by Crippen LogP contribution is 2.68. The standard InChI is InChI=1S/C54H80O11P2.C6H6O2/c1-47(2,3)43-41(27-29-53(51(13,14)15,45(43)49(7,8)9)37-23-19-21-25-39(37)61-33-35-31-59-35)63-67(58,65-66(55,56)57)64-42-28-30-54(52(16,17)18,46(50(10,11)12)44(42)48(4,5)6)38-24-20-22-26-40(38)62-34-36-32-60-36;7-5-2-1-3-6(8)4-5/h19-30,35-36,41-42H,31-34H2,1-18H3,(H2,55,56,57);1-4,7-8H. The molecule has 0 saturated carbocycles. The Bertz CT molecular complexity index is 2580. The monoisotopic (exact) mass is 1080 g/mol. The Balaban J connectivity index is 0.00000104. The molecule has 3 aromatic carbocycles. The molecule has 2 fully saturated rings. The molecule has 6 atom stereocenters. The van der Waals surface area contributed by atoms with Crippen LogP contribution in [0.25, 0.3) is 0 Å². The van der Waals surface area contributed by atoms with Gasteiger partial charge in [0, 0.05) is 28.0 Å². The number of benzene rings is 3. The van der Waals surface area contributed by atoms with Gasteiger partial charge in [0.25, 0.3) is 0 Å². The fourth-order valence-electron chi connectivity index (χ4n) is 11.3. The number of phosphoric ester groups is 1. The van der Waals surface area contributed by atoms with Crippen LogP contribution in [0.3, 0.4) is 0 Å². The summed E-state index contributed by atoms with van der Waals surface area (Å²) in [5.74, 6) is 1.63. The van der Waals surface area contributed by atoms with Crippen LogP contribution in [0.2, 0.25) is 0 Å². The van der Waals surface area contributed by atoms with Gasteiger partial charge in [0.15, 0.2) is 0 Å². The van der Waals surface area contributed by atoms with E-state index in [0.29, 0.717) is 26.4 Å². The molecule has 0 amide bonds. The van der Waals surface area contributed by atoms with Gasteiger partial charge < -0.3 is 38.9 Å². The molecule has 2 heterocycles. The predicted octanol–water partition coefficient (Wildman–Crippen LogP) is 14.5. The molecule has 2 saturated heterocycles.